The Kier molecular flexibility index (Phi) is 4.30. The number of para-hydroxylation sites is 1. The summed E-state index contributed by atoms with van der Waals surface area (Å²) in [6.07, 6.45) is 0. The number of aliphatic hydroxyl groups is 1. The highest BCUT2D eigenvalue weighted by Crippen LogP contribution is 2.28. The number of aliphatic hydroxyl groups excluding tert-OH is 1. The SMILES string of the molecule is COCCN(CCO)c1nc2ccccc2s1. The summed E-state index contributed by atoms with van der Waals surface area (Å²) in [5.41, 5.74) is 1.01. The number of anilines is 1. The number of methoxy groups -OCH3 is 1. The van der Waals surface area contributed by atoms with Gasteiger partial charge in [0.2, 0.25) is 0 Å². The molecule has 0 aliphatic rings. The Bertz CT molecular complexity index is 439. The lowest BCUT2D eigenvalue weighted by Gasteiger charge is -2.19. The maximum absolute atomic E-state index is 9.07. The number of fused-ring (bicyclic) bond motifs is 1. The van der Waals surface area contributed by atoms with Crippen LogP contribution in [0.4, 0.5) is 5.13 Å². The molecule has 1 aromatic carbocycles. The van der Waals surface area contributed by atoms with E-state index in [1.165, 1.54) is 4.70 Å². The quantitative estimate of drug-likeness (QED) is 0.850. The van der Waals surface area contributed by atoms with Gasteiger partial charge in [-0.15, -0.1) is 0 Å². The Balaban J connectivity index is 2.21. The zero-order valence-corrected chi connectivity index (χ0v) is 10.6. The summed E-state index contributed by atoms with van der Waals surface area (Å²) in [5.74, 6) is 0. The van der Waals surface area contributed by atoms with E-state index in [-0.39, 0.29) is 6.61 Å². The van der Waals surface area contributed by atoms with Crippen LogP contribution in [0.15, 0.2) is 24.3 Å². The van der Waals surface area contributed by atoms with Crippen molar-refractivity contribution in [3.05, 3.63) is 24.3 Å². The van der Waals surface area contributed by atoms with Crippen molar-refractivity contribution in [3.8, 4) is 0 Å². The van der Waals surface area contributed by atoms with E-state index in [4.69, 9.17) is 9.84 Å². The highest BCUT2D eigenvalue weighted by molar-refractivity contribution is 7.22. The van der Waals surface area contributed by atoms with Crippen molar-refractivity contribution in [3.63, 3.8) is 0 Å². The molecule has 0 fully saturated rings. The number of hydrogen-bond donors (Lipinski definition) is 1. The van der Waals surface area contributed by atoms with Crippen molar-refractivity contribution in [2.75, 3.05) is 38.3 Å². The van der Waals surface area contributed by atoms with Crippen LogP contribution in [0.1, 0.15) is 0 Å². The lowest BCUT2D eigenvalue weighted by atomic mass is 10.3. The Morgan fingerprint density at radius 2 is 2.18 bits per heavy atom. The van der Waals surface area contributed by atoms with E-state index in [2.05, 4.69) is 11.1 Å². The number of rotatable bonds is 6. The number of thiazole rings is 1. The Hall–Kier alpha value is -1.17. The lowest BCUT2D eigenvalue weighted by Crippen LogP contribution is -2.29. The summed E-state index contributed by atoms with van der Waals surface area (Å²) in [5, 5.41) is 10.0. The van der Waals surface area contributed by atoms with Gasteiger partial charge in [0.15, 0.2) is 5.13 Å². The maximum atomic E-state index is 9.07. The molecular weight excluding hydrogens is 236 g/mol. The number of ether oxygens (including phenoxy) is 1. The molecule has 2 rings (SSSR count). The van der Waals surface area contributed by atoms with Crippen molar-refractivity contribution in [1.29, 1.82) is 0 Å². The summed E-state index contributed by atoms with van der Waals surface area (Å²) in [7, 11) is 1.68. The molecule has 0 aliphatic heterocycles. The van der Waals surface area contributed by atoms with Crippen molar-refractivity contribution < 1.29 is 9.84 Å². The summed E-state index contributed by atoms with van der Waals surface area (Å²) in [4.78, 5) is 6.61. The smallest absolute Gasteiger partial charge is 0.186 e. The number of aromatic nitrogens is 1. The van der Waals surface area contributed by atoms with Crippen LogP contribution in [-0.4, -0.2) is 43.5 Å². The molecule has 1 N–H and O–H groups in total. The molecule has 0 saturated heterocycles. The molecule has 92 valence electrons. The van der Waals surface area contributed by atoms with Gasteiger partial charge in [0.05, 0.1) is 23.4 Å². The van der Waals surface area contributed by atoms with Crippen molar-refractivity contribution in [1.82, 2.24) is 4.98 Å². The average molecular weight is 252 g/mol. The first-order valence-corrected chi connectivity index (χ1v) is 6.37. The molecule has 0 aliphatic carbocycles. The van der Waals surface area contributed by atoms with Crippen LogP contribution in [-0.2, 0) is 4.74 Å². The number of hydrogen-bond acceptors (Lipinski definition) is 5. The highest BCUT2D eigenvalue weighted by Gasteiger charge is 2.11. The van der Waals surface area contributed by atoms with Gasteiger partial charge >= 0.3 is 0 Å². The third-order valence-electron chi connectivity index (χ3n) is 2.49. The molecule has 4 nitrogen and oxygen atoms in total. The van der Waals surface area contributed by atoms with Gasteiger partial charge in [0, 0.05) is 20.2 Å². The van der Waals surface area contributed by atoms with Crippen LogP contribution in [0.3, 0.4) is 0 Å². The largest absolute Gasteiger partial charge is 0.395 e. The summed E-state index contributed by atoms with van der Waals surface area (Å²) in [6, 6.07) is 8.06. The predicted molar refractivity (Wildman–Crippen MR) is 70.8 cm³/mol. The van der Waals surface area contributed by atoms with Gasteiger partial charge in [-0.25, -0.2) is 4.98 Å². The standard InChI is InChI=1S/C12H16N2O2S/c1-16-9-7-14(6-8-15)12-13-10-4-2-3-5-11(10)17-12/h2-5,15H,6-9H2,1H3. The van der Waals surface area contributed by atoms with E-state index < -0.39 is 0 Å². The van der Waals surface area contributed by atoms with Crippen molar-refractivity contribution in [2.24, 2.45) is 0 Å². The van der Waals surface area contributed by atoms with E-state index in [0.29, 0.717) is 13.2 Å². The van der Waals surface area contributed by atoms with Crippen LogP contribution >= 0.6 is 11.3 Å². The van der Waals surface area contributed by atoms with Crippen LogP contribution in [0, 0.1) is 0 Å². The Morgan fingerprint density at radius 3 is 2.88 bits per heavy atom. The van der Waals surface area contributed by atoms with Crippen LogP contribution in [0.2, 0.25) is 0 Å². The van der Waals surface area contributed by atoms with E-state index >= 15 is 0 Å². The normalized spacial score (nSPS) is 10.9. The molecule has 0 spiro atoms. The molecule has 0 radical (unpaired) electrons. The molecule has 2 aromatic rings. The third kappa shape index (κ3) is 2.94. The van der Waals surface area contributed by atoms with E-state index in [0.717, 1.165) is 17.2 Å². The molecule has 5 heteroatoms. The van der Waals surface area contributed by atoms with Crippen LogP contribution < -0.4 is 4.90 Å². The Morgan fingerprint density at radius 1 is 1.35 bits per heavy atom. The van der Waals surface area contributed by atoms with E-state index in [9.17, 15) is 0 Å². The number of benzene rings is 1. The number of nitrogens with zero attached hydrogens (tertiary/aromatic N) is 2. The summed E-state index contributed by atoms with van der Waals surface area (Å²) in [6.45, 7) is 2.09. The predicted octanol–water partition coefficient (Wildman–Crippen LogP) is 1.74. The van der Waals surface area contributed by atoms with Crippen LogP contribution in [0.25, 0.3) is 10.2 Å². The zero-order chi connectivity index (χ0) is 12.1. The topological polar surface area (TPSA) is 45.6 Å². The van der Waals surface area contributed by atoms with Gasteiger partial charge in [0.1, 0.15) is 0 Å². The summed E-state index contributed by atoms with van der Waals surface area (Å²) < 4.78 is 6.24. The van der Waals surface area contributed by atoms with Gasteiger partial charge in [0.25, 0.3) is 0 Å². The minimum atomic E-state index is 0.125. The lowest BCUT2D eigenvalue weighted by molar-refractivity contribution is 0.203. The Labute approximate surface area is 104 Å². The second-order valence-electron chi connectivity index (χ2n) is 3.67. The molecule has 17 heavy (non-hydrogen) atoms. The van der Waals surface area contributed by atoms with E-state index in [1.54, 1.807) is 18.4 Å². The van der Waals surface area contributed by atoms with Crippen molar-refractivity contribution in [2.45, 2.75) is 0 Å². The monoisotopic (exact) mass is 252 g/mol. The fourth-order valence-electron chi connectivity index (χ4n) is 1.62. The molecular formula is C12H16N2O2S. The fraction of sp³-hybridized carbons (Fsp3) is 0.417. The molecule has 0 amide bonds. The second kappa shape index (κ2) is 5.95. The van der Waals surface area contributed by atoms with Gasteiger partial charge < -0.3 is 14.7 Å². The highest BCUT2D eigenvalue weighted by atomic mass is 32.1. The van der Waals surface area contributed by atoms with E-state index in [1.807, 2.05) is 23.1 Å². The van der Waals surface area contributed by atoms with Crippen LogP contribution in [0.5, 0.6) is 0 Å². The molecule has 1 aromatic heterocycles. The minimum absolute atomic E-state index is 0.125. The first-order valence-electron chi connectivity index (χ1n) is 5.55. The van der Waals surface area contributed by atoms with Gasteiger partial charge in [-0.1, -0.05) is 23.5 Å². The van der Waals surface area contributed by atoms with Gasteiger partial charge in [-0.2, -0.15) is 0 Å². The van der Waals surface area contributed by atoms with Crippen molar-refractivity contribution >= 4 is 26.7 Å². The molecule has 0 atom stereocenters. The van der Waals surface area contributed by atoms with Gasteiger partial charge in [-0.3, -0.25) is 0 Å². The second-order valence-corrected chi connectivity index (χ2v) is 4.68. The first-order chi connectivity index (χ1) is 8.35. The third-order valence-corrected chi connectivity index (χ3v) is 3.59. The molecule has 0 saturated carbocycles. The zero-order valence-electron chi connectivity index (χ0n) is 9.80. The van der Waals surface area contributed by atoms with Gasteiger partial charge in [-0.05, 0) is 12.1 Å². The molecule has 0 bridgehead atoms. The molecule has 0 unspecified atom stereocenters. The minimum Gasteiger partial charge on any atom is -0.395 e. The summed E-state index contributed by atoms with van der Waals surface area (Å²) >= 11 is 1.64. The fourth-order valence-corrected chi connectivity index (χ4v) is 2.64. The first kappa shape index (κ1) is 12.3. The average Bonchev–Trinajstić information content (AvgIpc) is 2.78. The maximum Gasteiger partial charge on any atom is 0.186 e. The molecule has 1 heterocycles.